The number of aryl methyl sites for hydroxylation is 1. The van der Waals surface area contributed by atoms with Crippen LogP contribution in [0.2, 0.25) is 5.02 Å². The number of nitrogens with zero attached hydrogens (tertiary/aromatic N) is 1. The number of carbonyl (C=O) groups excluding carboxylic acids is 1. The summed E-state index contributed by atoms with van der Waals surface area (Å²) >= 11 is 7.42. The number of esters is 1. The fraction of sp³-hybridized carbons (Fsp3) is 0.231. The first-order chi connectivity index (χ1) is 9.10. The molecule has 2 aromatic rings. The van der Waals surface area contributed by atoms with E-state index in [2.05, 4.69) is 10.3 Å². The van der Waals surface area contributed by atoms with Gasteiger partial charge in [-0.05, 0) is 31.5 Å². The van der Waals surface area contributed by atoms with Crippen LogP contribution in [0.1, 0.15) is 23.0 Å². The first-order valence-corrected chi connectivity index (χ1v) is 7.01. The van der Waals surface area contributed by atoms with Crippen LogP contribution in [0.5, 0.6) is 0 Å². The Balaban J connectivity index is 2.15. The van der Waals surface area contributed by atoms with Crippen LogP contribution in [0.15, 0.2) is 23.6 Å². The summed E-state index contributed by atoms with van der Waals surface area (Å²) < 4.78 is 4.89. The van der Waals surface area contributed by atoms with Crippen molar-refractivity contribution in [1.29, 1.82) is 0 Å². The van der Waals surface area contributed by atoms with E-state index in [1.807, 2.05) is 25.1 Å². The highest BCUT2D eigenvalue weighted by Gasteiger charge is 2.12. The Hall–Kier alpha value is -1.59. The molecule has 0 aliphatic carbocycles. The lowest BCUT2D eigenvalue weighted by atomic mass is 10.2. The van der Waals surface area contributed by atoms with Crippen LogP contribution in [0.25, 0.3) is 0 Å². The highest BCUT2D eigenvalue weighted by atomic mass is 35.5. The summed E-state index contributed by atoms with van der Waals surface area (Å²) in [5.41, 5.74) is 2.17. The average Bonchev–Trinajstić information content (AvgIpc) is 2.83. The number of anilines is 2. The van der Waals surface area contributed by atoms with E-state index < -0.39 is 5.97 Å². The molecule has 0 radical (unpaired) electrons. The minimum absolute atomic E-state index is 0.304. The van der Waals surface area contributed by atoms with Crippen molar-refractivity contribution in [2.45, 2.75) is 13.8 Å². The maximum atomic E-state index is 11.5. The number of aromatic nitrogens is 1. The van der Waals surface area contributed by atoms with Gasteiger partial charge in [-0.2, -0.15) is 0 Å². The largest absolute Gasteiger partial charge is 0.461 e. The van der Waals surface area contributed by atoms with Crippen molar-refractivity contribution >= 4 is 39.7 Å². The van der Waals surface area contributed by atoms with Crippen molar-refractivity contribution in [3.8, 4) is 0 Å². The monoisotopic (exact) mass is 296 g/mol. The van der Waals surface area contributed by atoms with Gasteiger partial charge in [0.15, 0.2) is 10.8 Å². The average molecular weight is 297 g/mol. The fourth-order valence-electron chi connectivity index (χ4n) is 1.48. The summed E-state index contributed by atoms with van der Waals surface area (Å²) in [6.07, 6.45) is 0. The number of halogens is 1. The Labute approximate surface area is 120 Å². The molecule has 0 fully saturated rings. The molecule has 1 aromatic heterocycles. The van der Waals surface area contributed by atoms with Crippen LogP contribution in [0.3, 0.4) is 0 Å². The van der Waals surface area contributed by atoms with Gasteiger partial charge in [-0.15, -0.1) is 11.3 Å². The van der Waals surface area contributed by atoms with Crippen molar-refractivity contribution < 1.29 is 9.53 Å². The number of ether oxygens (including phenoxy) is 1. The molecule has 1 heterocycles. The Bertz CT molecular complexity index is 598. The predicted octanol–water partition coefficient (Wildman–Crippen LogP) is 4.03. The van der Waals surface area contributed by atoms with E-state index in [1.165, 1.54) is 11.3 Å². The standard InChI is InChI=1S/C13H13ClN2O2S/c1-3-18-12(17)11-7-19-13(16-11)15-10-6-8(2)4-5-9(10)14/h4-7H,3H2,1-2H3,(H,15,16). The van der Waals surface area contributed by atoms with E-state index in [9.17, 15) is 4.79 Å². The quantitative estimate of drug-likeness (QED) is 0.866. The zero-order chi connectivity index (χ0) is 13.8. The zero-order valence-corrected chi connectivity index (χ0v) is 12.1. The molecular weight excluding hydrogens is 284 g/mol. The number of rotatable bonds is 4. The topological polar surface area (TPSA) is 51.2 Å². The van der Waals surface area contributed by atoms with Crippen molar-refractivity contribution in [3.05, 3.63) is 39.9 Å². The fourth-order valence-corrected chi connectivity index (χ4v) is 2.34. The molecule has 0 saturated heterocycles. The molecular formula is C13H13ClN2O2S. The number of benzene rings is 1. The van der Waals surface area contributed by atoms with Gasteiger partial charge in [0.1, 0.15) is 0 Å². The second-order valence-electron chi connectivity index (χ2n) is 3.87. The Morgan fingerprint density at radius 3 is 3.05 bits per heavy atom. The van der Waals surface area contributed by atoms with E-state index in [0.717, 1.165) is 11.3 Å². The summed E-state index contributed by atoms with van der Waals surface area (Å²) in [4.78, 5) is 15.7. The van der Waals surface area contributed by atoms with Crippen molar-refractivity contribution in [2.24, 2.45) is 0 Å². The minimum Gasteiger partial charge on any atom is -0.461 e. The molecule has 0 spiro atoms. The molecule has 0 saturated carbocycles. The Morgan fingerprint density at radius 1 is 1.53 bits per heavy atom. The first kappa shape index (κ1) is 13.8. The second-order valence-corrected chi connectivity index (χ2v) is 5.13. The van der Waals surface area contributed by atoms with E-state index in [4.69, 9.17) is 16.3 Å². The van der Waals surface area contributed by atoms with Crippen molar-refractivity contribution in [2.75, 3.05) is 11.9 Å². The zero-order valence-electron chi connectivity index (χ0n) is 10.6. The van der Waals surface area contributed by atoms with E-state index in [1.54, 1.807) is 12.3 Å². The number of nitrogens with one attached hydrogen (secondary N) is 1. The van der Waals surface area contributed by atoms with Gasteiger partial charge in [0.05, 0.1) is 17.3 Å². The Kier molecular flexibility index (Phi) is 4.39. The third-order valence-corrected chi connectivity index (χ3v) is 3.44. The molecule has 100 valence electrons. The number of thiazole rings is 1. The third-order valence-electron chi connectivity index (χ3n) is 2.35. The lowest BCUT2D eigenvalue weighted by Crippen LogP contribution is -2.05. The number of carbonyl (C=O) groups is 1. The maximum absolute atomic E-state index is 11.5. The lowest BCUT2D eigenvalue weighted by Gasteiger charge is -2.06. The van der Waals surface area contributed by atoms with Gasteiger partial charge in [0.2, 0.25) is 0 Å². The molecule has 0 unspecified atom stereocenters. The number of hydrogen-bond acceptors (Lipinski definition) is 5. The minimum atomic E-state index is -0.415. The lowest BCUT2D eigenvalue weighted by molar-refractivity contribution is 0.0520. The second kappa shape index (κ2) is 6.04. The molecule has 0 aliphatic heterocycles. The molecule has 2 rings (SSSR count). The van der Waals surface area contributed by atoms with E-state index >= 15 is 0 Å². The summed E-state index contributed by atoms with van der Waals surface area (Å²) in [5, 5.41) is 5.97. The summed E-state index contributed by atoms with van der Waals surface area (Å²) in [5.74, 6) is -0.415. The van der Waals surface area contributed by atoms with Crippen LogP contribution >= 0.6 is 22.9 Å². The van der Waals surface area contributed by atoms with Crippen LogP contribution in [-0.4, -0.2) is 17.6 Å². The molecule has 6 heteroatoms. The molecule has 0 atom stereocenters. The molecule has 1 aromatic carbocycles. The van der Waals surface area contributed by atoms with E-state index in [0.29, 0.717) is 22.5 Å². The highest BCUT2D eigenvalue weighted by molar-refractivity contribution is 7.14. The van der Waals surface area contributed by atoms with Gasteiger partial charge >= 0.3 is 5.97 Å². The van der Waals surface area contributed by atoms with Crippen LogP contribution in [-0.2, 0) is 4.74 Å². The maximum Gasteiger partial charge on any atom is 0.357 e. The van der Waals surface area contributed by atoms with Crippen molar-refractivity contribution in [1.82, 2.24) is 4.98 Å². The molecule has 4 nitrogen and oxygen atoms in total. The van der Waals surface area contributed by atoms with Gasteiger partial charge in [-0.25, -0.2) is 9.78 Å². The van der Waals surface area contributed by atoms with Crippen molar-refractivity contribution in [3.63, 3.8) is 0 Å². The van der Waals surface area contributed by atoms with Crippen LogP contribution in [0, 0.1) is 6.92 Å². The van der Waals surface area contributed by atoms with Gasteiger partial charge in [0, 0.05) is 5.38 Å². The van der Waals surface area contributed by atoms with Gasteiger partial charge in [0.25, 0.3) is 0 Å². The third kappa shape index (κ3) is 3.45. The molecule has 1 N–H and O–H groups in total. The first-order valence-electron chi connectivity index (χ1n) is 5.76. The smallest absolute Gasteiger partial charge is 0.357 e. The predicted molar refractivity (Wildman–Crippen MR) is 77.5 cm³/mol. The summed E-state index contributed by atoms with van der Waals surface area (Å²) in [6.45, 7) is 4.08. The Morgan fingerprint density at radius 2 is 2.32 bits per heavy atom. The normalized spacial score (nSPS) is 10.3. The van der Waals surface area contributed by atoms with Gasteiger partial charge in [-0.1, -0.05) is 17.7 Å². The molecule has 0 amide bonds. The van der Waals surface area contributed by atoms with Gasteiger partial charge in [-0.3, -0.25) is 0 Å². The molecule has 19 heavy (non-hydrogen) atoms. The molecule has 0 bridgehead atoms. The van der Waals surface area contributed by atoms with E-state index in [-0.39, 0.29) is 0 Å². The summed E-state index contributed by atoms with van der Waals surface area (Å²) in [7, 11) is 0. The molecule has 0 aliphatic rings. The van der Waals surface area contributed by atoms with Crippen LogP contribution in [0.4, 0.5) is 10.8 Å². The van der Waals surface area contributed by atoms with Crippen LogP contribution < -0.4 is 5.32 Å². The summed E-state index contributed by atoms with van der Waals surface area (Å²) in [6, 6.07) is 5.67. The SMILES string of the molecule is CCOC(=O)c1csc(Nc2cc(C)ccc2Cl)n1. The van der Waals surface area contributed by atoms with Gasteiger partial charge < -0.3 is 10.1 Å². The number of hydrogen-bond donors (Lipinski definition) is 1. The highest BCUT2D eigenvalue weighted by Crippen LogP contribution is 2.28.